The van der Waals surface area contributed by atoms with Gasteiger partial charge in [0.15, 0.2) is 0 Å². The molecule has 0 bridgehead atoms. The van der Waals surface area contributed by atoms with Crippen LogP contribution in [-0.4, -0.2) is 50.3 Å². The van der Waals surface area contributed by atoms with Crippen LogP contribution in [0.1, 0.15) is 18.9 Å². The number of aromatic nitrogens is 5. The molecule has 1 aliphatic rings. The number of piperidine rings is 1. The molecule has 1 saturated heterocycles. The van der Waals surface area contributed by atoms with Gasteiger partial charge in [0.2, 0.25) is 10.0 Å². The Labute approximate surface area is 155 Å². The Morgan fingerprint density at radius 1 is 1.11 bits per heavy atom. The highest BCUT2D eigenvalue weighted by Crippen LogP contribution is 2.31. The van der Waals surface area contributed by atoms with Crippen molar-refractivity contribution < 1.29 is 8.42 Å². The van der Waals surface area contributed by atoms with Crippen molar-refractivity contribution in [1.82, 2.24) is 28.8 Å². The van der Waals surface area contributed by atoms with Crippen molar-refractivity contribution in [2.75, 3.05) is 13.1 Å². The highest BCUT2D eigenvalue weighted by molar-refractivity contribution is 7.89. The summed E-state index contributed by atoms with van der Waals surface area (Å²) in [6.07, 6.45) is 9.93. The number of imidazole rings is 1. The fraction of sp³-hybridized carbons (Fsp3) is 0.278. The van der Waals surface area contributed by atoms with E-state index < -0.39 is 10.0 Å². The molecular formula is C18H18N6O2S. The molecule has 5 heterocycles. The van der Waals surface area contributed by atoms with Gasteiger partial charge in [0.1, 0.15) is 16.1 Å². The van der Waals surface area contributed by atoms with Gasteiger partial charge >= 0.3 is 0 Å². The minimum atomic E-state index is -3.49. The third-order valence-corrected chi connectivity index (χ3v) is 7.09. The molecule has 8 nitrogen and oxygen atoms in total. The normalized spacial score (nSPS) is 17.0. The van der Waals surface area contributed by atoms with Gasteiger partial charge in [-0.15, -0.1) is 0 Å². The van der Waals surface area contributed by atoms with Gasteiger partial charge in [-0.05, 0) is 31.0 Å². The second kappa shape index (κ2) is 6.14. The Balaban J connectivity index is 1.43. The highest BCUT2D eigenvalue weighted by atomic mass is 32.2. The molecule has 1 fully saturated rings. The molecule has 0 unspecified atom stereocenters. The predicted molar refractivity (Wildman–Crippen MR) is 101 cm³/mol. The molecule has 138 valence electrons. The van der Waals surface area contributed by atoms with E-state index in [4.69, 9.17) is 0 Å². The molecule has 0 aliphatic carbocycles. The third kappa shape index (κ3) is 2.62. The Morgan fingerprint density at radius 2 is 1.96 bits per heavy atom. The average molecular weight is 382 g/mol. The number of rotatable bonds is 3. The number of aromatic amines is 1. The highest BCUT2D eigenvalue weighted by Gasteiger charge is 2.30. The lowest BCUT2D eigenvalue weighted by molar-refractivity contribution is 0.277. The quantitative estimate of drug-likeness (QED) is 0.587. The van der Waals surface area contributed by atoms with Gasteiger partial charge in [-0.1, -0.05) is 0 Å². The molecule has 4 aromatic rings. The second-order valence-corrected chi connectivity index (χ2v) is 8.65. The van der Waals surface area contributed by atoms with E-state index in [9.17, 15) is 8.42 Å². The van der Waals surface area contributed by atoms with E-state index in [-0.39, 0.29) is 10.9 Å². The minimum absolute atomic E-state index is 0.204. The van der Waals surface area contributed by atoms with Crippen LogP contribution >= 0.6 is 0 Å². The van der Waals surface area contributed by atoms with E-state index in [0.717, 1.165) is 34.9 Å². The van der Waals surface area contributed by atoms with Crippen LogP contribution < -0.4 is 0 Å². The first kappa shape index (κ1) is 16.4. The van der Waals surface area contributed by atoms with Gasteiger partial charge in [0.25, 0.3) is 0 Å². The van der Waals surface area contributed by atoms with Crippen molar-refractivity contribution in [3.05, 3.63) is 49.3 Å². The molecule has 0 radical (unpaired) electrons. The lowest BCUT2D eigenvalue weighted by Crippen LogP contribution is -2.39. The lowest BCUT2D eigenvalue weighted by atomic mass is 10.1. The molecule has 1 N–H and O–H groups in total. The summed E-state index contributed by atoms with van der Waals surface area (Å²) in [6, 6.07) is 5.45. The fourth-order valence-electron chi connectivity index (χ4n) is 3.82. The fourth-order valence-corrected chi connectivity index (χ4v) is 5.25. The first-order valence-corrected chi connectivity index (χ1v) is 10.3. The molecule has 1 aliphatic heterocycles. The van der Waals surface area contributed by atoms with Crippen molar-refractivity contribution in [1.29, 1.82) is 0 Å². The number of pyridine rings is 2. The van der Waals surface area contributed by atoms with Crippen LogP contribution in [0, 0.1) is 0 Å². The van der Waals surface area contributed by atoms with E-state index in [1.54, 1.807) is 28.8 Å². The first-order chi connectivity index (χ1) is 13.1. The van der Waals surface area contributed by atoms with Crippen LogP contribution in [0.2, 0.25) is 0 Å². The van der Waals surface area contributed by atoms with E-state index >= 15 is 0 Å². The van der Waals surface area contributed by atoms with E-state index in [0.29, 0.717) is 13.1 Å². The maximum absolute atomic E-state index is 12.8. The molecule has 0 atom stereocenters. The summed E-state index contributed by atoms with van der Waals surface area (Å²) in [5.74, 6) is 0. The van der Waals surface area contributed by atoms with Crippen LogP contribution in [0.15, 0.2) is 54.2 Å². The van der Waals surface area contributed by atoms with E-state index in [1.165, 1.54) is 6.20 Å². The number of sulfonamides is 1. The minimum Gasteiger partial charge on any atom is -0.346 e. The number of H-pyrrole nitrogens is 1. The first-order valence-electron chi connectivity index (χ1n) is 8.83. The zero-order valence-electron chi connectivity index (χ0n) is 14.5. The van der Waals surface area contributed by atoms with Crippen molar-refractivity contribution in [2.24, 2.45) is 0 Å². The maximum atomic E-state index is 12.8. The van der Waals surface area contributed by atoms with Gasteiger partial charge in [-0.25, -0.2) is 18.4 Å². The van der Waals surface area contributed by atoms with Gasteiger partial charge in [0.05, 0.1) is 18.0 Å². The van der Waals surface area contributed by atoms with Crippen molar-refractivity contribution in [2.45, 2.75) is 23.8 Å². The van der Waals surface area contributed by atoms with Crippen LogP contribution in [0.5, 0.6) is 0 Å². The summed E-state index contributed by atoms with van der Waals surface area (Å²) in [6.45, 7) is 0.950. The molecule has 5 rings (SSSR count). The van der Waals surface area contributed by atoms with Gasteiger partial charge in [-0.2, -0.15) is 4.31 Å². The van der Waals surface area contributed by atoms with Crippen LogP contribution in [0.25, 0.3) is 22.1 Å². The molecule has 27 heavy (non-hydrogen) atoms. The Kier molecular flexibility index (Phi) is 3.73. The number of hydrogen-bond acceptors (Lipinski definition) is 5. The topological polar surface area (TPSA) is 96.8 Å². The zero-order valence-corrected chi connectivity index (χ0v) is 15.3. The van der Waals surface area contributed by atoms with Crippen molar-refractivity contribution in [3.63, 3.8) is 0 Å². The van der Waals surface area contributed by atoms with E-state index in [2.05, 4.69) is 24.5 Å². The third-order valence-electron chi connectivity index (χ3n) is 5.21. The molecular weight excluding hydrogens is 364 g/mol. The molecule has 9 heteroatoms. The molecule has 0 aromatic carbocycles. The van der Waals surface area contributed by atoms with Gasteiger partial charge in [0, 0.05) is 43.1 Å². The summed E-state index contributed by atoms with van der Waals surface area (Å²) in [4.78, 5) is 16.2. The van der Waals surface area contributed by atoms with Gasteiger partial charge < -0.3 is 9.55 Å². The summed E-state index contributed by atoms with van der Waals surface area (Å²) in [7, 11) is -3.49. The number of nitrogens with zero attached hydrogens (tertiary/aromatic N) is 5. The SMILES string of the molecule is O=S(=O)(c1cccnc1)N1CCC(n2cnc3cnc4[nH]ccc4c32)CC1. The van der Waals surface area contributed by atoms with Crippen molar-refractivity contribution >= 4 is 32.1 Å². The summed E-state index contributed by atoms with van der Waals surface area (Å²) >= 11 is 0. The Hall–Kier alpha value is -2.78. The molecule has 0 amide bonds. The summed E-state index contributed by atoms with van der Waals surface area (Å²) in [5.41, 5.74) is 2.74. The molecule has 0 saturated carbocycles. The van der Waals surface area contributed by atoms with Crippen LogP contribution in [0.3, 0.4) is 0 Å². The standard InChI is InChI=1S/C18H18N6O2S/c25-27(26,14-2-1-6-19-10-14)23-8-4-13(5-9-23)24-12-22-16-11-21-18-15(17(16)24)3-7-20-18/h1-3,6-7,10-13H,4-5,8-9H2,(H,20,21). The Morgan fingerprint density at radius 3 is 2.74 bits per heavy atom. The van der Waals surface area contributed by atoms with Crippen molar-refractivity contribution in [3.8, 4) is 0 Å². The lowest BCUT2D eigenvalue weighted by Gasteiger charge is -2.32. The largest absolute Gasteiger partial charge is 0.346 e. The average Bonchev–Trinajstić information content (AvgIpc) is 3.35. The zero-order chi connectivity index (χ0) is 18.4. The Bertz CT molecular complexity index is 1210. The summed E-state index contributed by atoms with van der Waals surface area (Å²) < 4.78 is 29.3. The number of fused-ring (bicyclic) bond motifs is 3. The monoisotopic (exact) mass is 382 g/mol. The smallest absolute Gasteiger partial charge is 0.244 e. The number of hydrogen-bond donors (Lipinski definition) is 1. The van der Waals surface area contributed by atoms with E-state index in [1.807, 2.05) is 18.6 Å². The predicted octanol–water partition coefficient (Wildman–Crippen LogP) is 2.33. The van der Waals surface area contributed by atoms with Crippen LogP contribution in [-0.2, 0) is 10.0 Å². The second-order valence-electron chi connectivity index (χ2n) is 6.71. The molecule has 4 aromatic heterocycles. The summed E-state index contributed by atoms with van der Waals surface area (Å²) in [5, 5.41) is 1.04. The maximum Gasteiger partial charge on any atom is 0.244 e. The van der Waals surface area contributed by atoms with Crippen LogP contribution in [0.4, 0.5) is 0 Å². The molecule has 0 spiro atoms. The number of nitrogens with one attached hydrogen (secondary N) is 1. The van der Waals surface area contributed by atoms with Gasteiger partial charge in [-0.3, -0.25) is 4.98 Å².